The molecule has 0 saturated carbocycles. The lowest BCUT2D eigenvalue weighted by molar-refractivity contribution is -0.0566. The standard InChI is InChI=1S/C12H17N5O4/c1-16(2)10-6-3-15-17(11(6)14-5-13-10)12-9(20)8(19)7(4-18)21-12/h3,5,7-9,12,18-20H,4H2,1-2H3/t7-,8+,9-,12-/m0/s1. The Morgan fingerprint density at radius 2 is 2.05 bits per heavy atom. The normalized spacial score (nSPS) is 29.2. The highest BCUT2D eigenvalue weighted by molar-refractivity contribution is 5.86. The van der Waals surface area contributed by atoms with Crippen molar-refractivity contribution in [3.63, 3.8) is 0 Å². The van der Waals surface area contributed by atoms with Gasteiger partial charge in [-0.15, -0.1) is 0 Å². The van der Waals surface area contributed by atoms with Crippen LogP contribution in [0.25, 0.3) is 11.0 Å². The average Bonchev–Trinajstić information content (AvgIpc) is 3.01. The van der Waals surface area contributed by atoms with Crippen LogP contribution in [-0.2, 0) is 4.74 Å². The maximum atomic E-state index is 10.1. The second kappa shape index (κ2) is 5.19. The molecule has 1 aliphatic heterocycles. The zero-order valence-electron chi connectivity index (χ0n) is 11.7. The van der Waals surface area contributed by atoms with Crippen molar-refractivity contribution in [1.29, 1.82) is 0 Å². The second-order valence-corrected chi connectivity index (χ2v) is 5.15. The minimum atomic E-state index is -1.19. The van der Waals surface area contributed by atoms with E-state index in [1.165, 1.54) is 11.0 Å². The smallest absolute Gasteiger partial charge is 0.181 e. The van der Waals surface area contributed by atoms with Crippen LogP contribution < -0.4 is 4.90 Å². The molecule has 9 nitrogen and oxygen atoms in total. The summed E-state index contributed by atoms with van der Waals surface area (Å²) in [5.74, 6) is 0.693. The number of rotatable bonds is 3. The Hall–Kier alpha value is -1.81. The third-order valence-electron chi connectivity index (χ3n) is 3.55. The van der Waals surface area contributed by atoms with Gasteiger partial charge in [0.15, 0.2) is 11.9 Å². The Balaban J connectivity index is 2.04. The van der Waals surface area contributed by atoms with Gasteiger partial charge in [-0.2, -0.15) is 5.10 Å². The molecule has 2 aromatic rings. The molecule has 21 heavy (non-hydrogen) atoms. The predicted molar refractivity (Wildman–Crippen MR) is 72.7 cm³/mol. The second-order valence-electron chi connectivity index (χ2n) is 5.15. The van der Waals surface area contributed by atoms with Gasteiger partial charge in [0, 0.05) is 14.1 Å². The Morgan fingerprint density at radius 3 is 2.67 bits per heavy atom. The highest BCUT2D eigenvalue weighted by Crippen LogP contribution is 2.32. The van der Waals surface area contributed by atoms with Crippen LogP contribution in [0.4, 0.5) is 5.82 Å². The zero-order valence-corrected chi connectivity index (χ0v) is 11.7. The summed E-state index contributed by atoms with van der Waals surface area (Å²) in [5.41, 5.74) is 0.489. The molecular weight excluding hydrogens is 278 g/mol. The summed E-state index contributed by atoms with van der Waals surface area (Å²) < 4.78 is 6.86. The first-order chi connectivity index (χ1) is 10.0. The van der Waals surface area contributed by atoms with Crippen molar-refractivity contribution >= 4 is 16.9 Å². The van der Waals surface area contributed by atoms with E-state index in [4.69, 9.17) is 9.84 Å². The minimum Gasteiger partial charge on any atom is -0.394 e. The predicted octanol–water partition coefficient (Wildman–Crippen LogP) is -1.50. The summed E-state index contributed by atoms with van der Waals surface area (Å²) in [6.07, 6.45) is -1.13. The van der Waals surface area contributed by atoms with Gasteiger partial charge in [0.05, 0.1) is 18.2 Å². The van der Waals surface area contributed by atoms with Crippen molar-refractivity contribution in [3.05, 3.63) is 12.5 Å². The Kier molecular flexibility index (Phi) is 3.49. The molecule has 4 atom stereocenters. The molecule has 0 aromatic carbocycles. The number of ether oxygens (including phenoxy) is 1. The van der Waals surface area contributed by atoms with Gasteiger partial charge in [-0.05, 0) is 0 Å². The Morgan fingerprint density at radius 1 is 1.29 bits per heavy atom. The van der Waals surface area contributed by atoms with Gasteiger partial charge in [0.2, 0.25) is 0 Å². The van der Waals surface area contributed by atoms with Crippen molar-refractivity contribution in [2.45, 2.75) is 24.5 Å². The molecular formula is C12H17N5O4. The van der Waals surface area contributed by atoms with E-state index in [1.54, 1.807) is 6.20 Å². The van der Waals surface area contributed by atoms with E-state index in [-0.39, 0.29) is 6.61 Å². The van der Waals surface area contributed by atoms with Crippen LogP contribution >= 0.6 is 0 Å². The highest BCUT2D eigenvalue weighted by Gasteiger charge is 2.44. The fourth-order valence-electron chi connectivity index (χ4n) is 2.47. The van der Waals surface area contributed by atoms with Crippen LogP contribution in [0.2, 0.25) is 0 Å². The van der Waals surface area contributed by atoms with Crippen LogP contribution in [0.15, 0.2) is 12.5 Å². The minimum absolute atomic E-state index is 0.383. The first kappa shape index (κ1) is 14.1. The Labute approximate surface area is 120 Å². The molecule has 1 aliphatic rings. The molecule has 0 radical (unpaired) electrons. The number of nitrogens with zero attached hydrogens (tertiary/aromatic N) is 5. The number of hydrogen-bond donors (Lipinski definition) is 3. The molecule has 2 aromatic heterocycles. The van der Waals surface area contributed by atoms with Gasteiger partial charge in [0.25, 0.3) is 0 Å². The van der Waals surface area contributed by atoms with Gasteiger partial charge in [-0.25, -0.2) is 14.6 Å². The molecule has 3 rings (SSSR count). The third-order valence-corrected chi connectivity index (χ3v) is 3.55. The maximum absolute atomic E-state index is 10.1. The van der Waals surface area contributed by atoms with Gasteiger partial charge in [-0.1, -0.05) is 0 Å². The van der Waals surface area contributed by atoms with E-state index < -0.39 is 24.5 Å². The first-order valence-electron chi connectivity index (χ1n) is 6.52. The Bertz CT molecular complexity index is 646. The van der Waals surface area contributed by atoms with Gasteiger partial charge >= 0.3 is 0 Å². The molecule has 0 spiro atoms. The molecule has 9 heteroatoms. The molecule has 0 bridgehead atoms. The fourth-order valence-corrected chi connectivity index (χ4v) is 2.47. The SMILES string of the molecule is CN(C)c1ncnc2c1cnn2[C@H]1O[C@@H](CO)[C@@H](O)[C@@H]1O. The van der Waals surface area contributed by atoms with Crippen molar-refractivity contribution in [3.8, 4) is 0 Å². The summed E-state index contributed by atoms with van der Waals surface area (Å²) in [5, 5.41) is 33.9. The summed E-state index contributed by atoms with van der Waals surface area (Å²) in [4.78, 5) is 10.2. The third kappa shape index (κ3) is 2.14. The zero-order chi connectivity index (χ0) is 15.1. The number of aliphatic hydroxyl groups is 3. The first-order valence-corrected chi connectivity index (χ1v) is 6.52. The summed E-state index contributed by atoms with van der Waals surface area (Å²) in [6, 6.07) is 0. The monoisotopic (exact) mass is 295 g/mol. The average molecular weight is 295 g/mol. The number of fused-ring (bicyclic) bond motifs is 1. The highest BCUT2D eigenvalue weighted by atomic mass is 16.6. The van der Waals surface area contributed by atoms with Crippen molar-refractivity contribution in [2.24, 2.45) is 0 Å². The number of aromatic nitrogens is 4. The van der Waals surface area contributed by atoms with Gasteiger partial charge in [0.1, 0.15) is 30.5 Å². The lowest BCUT2D eigenvalue weighted by Gasteiger charge is -2.16. The molecule has 3 N–H and O–H groups in total. The van der Waals surface area contributed by atoms with E-state index in [9.17, 15) is 10.2 Å². The van der Waals surface area contributed by atoms with Crippen LogP contribution in [0.5, 0.6) is 0 Å². The van der Waals surface area contributed by atoms with Gasteiger partial charge in [-0.3, -0.25) is 0 Å². The lowest BCUT2D eigenvalue weighted by atomic mass is 10.1. The van der Waals surface area contributed by atoms with Crippen LogP contribution in [-0.4, -0.2) is 74.1 Å². The lowest BCUT2D eigenvalue weighted by Crippen LogP contribution is -2.33. The summed E-state index contributed by atoms with van der Waals surface area (Å²) >= 11 is 0. The number of hydrogen-bond acceptors (Lipinski definition) is 8. The molecule has 1 fully saturated rings. The van der Waals surface area contributed by atoms with E-state index in [1.807, 2.05) is 19.0 Å². The van der Waals surface area contributed by atoms with Crippen molar-refractivity contribution < 1.29 is 20.1 Å². The molecule has 3 heterocycles. The van der Waals surface area contributed by atoms with E-state index in [0.29, 0.717) is 16.9 Å². The molecule has 0 unspecified atom stereocenters. The van der Waals surface area contributed by atoms with Gasteiger partial charge < -0.3 is 25.0 Å². The molecule has 114 valence electrons. The van der Waals surface area contributed by atoms with Crippen LogP contribution in [0.3, 0.4) is 0 Å². The van der Waals surface area contributed by atoms with Crippen molar-refractivity contribution in [1.82, 2.24) is 19.7 Å². The van der Waals surface area contributed by atoms with Crippen molar-refractivity contribution in [2.75, 3.05) is 25.6 Å². The fraction of sp³-hybridized carbons (Fsp3) is 0.583. The van der Waals surface area contributed by atoms with Crippen LogP contribution in [0, 0.1) is 0 Å². The number of anilines is 1. The summed E-state index contributed by atoms with van der Waals surface area (Å²) in [7, 11) is 3.71. The largest absolute Gasteiger partial charge is 0.394 e. The van der Waals surface area contributed by atoms with E-state index >= 15 is 0 Å². The topological polar surface area (TPSA) is 117 Å². The van der Waals surface area contributed by atoms with E-state index in [0.717, 1.165) is 0 Å². The maximum Gasteiger partial charge on any atom is 0.181 e. The van der Waals surface area contributed by atoms with E-state index in [2.05, 4.69) is 15.1 Å². The summed E-state index contributed by atoms with van der Waals surface area (Å²) in [6.45, 7) is -0.383. The number of aliphatic hydroxyl groups excluding tert-OH is 3. The molecule has 0 aliphatic carbocycles. The quantitative estimate of drug-likeness (QED) is 0.626. The molecule has 0 amide bonds. The molecule has 1 saturated heterocycles. The van der Waals surface area contributed by atoms with Crippen LogP contribution in [0.1, 0.15) is 6.23 Å².